The molecule has 0 fully saturated rings. The molecule has 0 saturated heterocycles. The summed E-state index contributed by atoms with van der Waals surface area (Å²) in [7, 11) is 0. The number of carbonyl (C=O) groups excluding carboxylic acids is 2. The highest BCUT2D eigenvalue weighted by atomic mass is 32.2. The van der Waals surface area contributed by atoms with Gasteiger partial charge in [-0.2, -0.15) is 0 Å². The topological polar surface area (TPSA) is 93.1 Å². The minimum Gasteiger partial charge on any atom is -0.326 e. The Morgan fingerprint density at radius 2 is 1.79 bits per heavy atom. The van der Waals surface area contributed by atoms with E-state index >= 15 is 0 Å². The van der Waals surface area contributed by atoms with E-state index in [1.807, 2.05) is 25.3 Å². The molecule has 2 heterocycles. The van der Waals surface area contributed by atoms with Gasteiger partial charge in [-0.25, -0.2) is 4.98 Å². The summed E-state index contributed by atoms with van der Waals surface area (Å²) in [6.07, 6.45) is 0. The van der Waals surface area contributed by atoms with Crippen molar-refractivity contribution in [3.63, 3.8) is 0 Å². The molecule has 3 aromatic rings. The number of nitrogens with one attached hydrogen (secondary N) is 2. The average molecular weight is 431 g/mol. The van der Waals surface area contributed by atoms with Crippen molar-refractivity contribution < 1.29 is 9.59 Å². The zero-order valence-electron chi connectivity index (χ0n) is 16.4. The third-order valence-electron chi connectivity index (χ3n) is 3.90. The fourth-order valence-corrected chi connectivity index (χ4v) is 4.31. The molecule has 2 amide bonds. The molecular formula is C20H22N4O3S2. The van der Waals surface area contributed by atoms with Crippen LogP contribution in [-0.2, 0) is 16.1 Å². The quantitative estimate of drug-likeness (QED) is 0.439. The number of rotatable bonds is 7. The molecular weight excluding hydrogens is 408 g/mol. The van der Waals surface area contributed by atoms with Crippen LogP contribution in [0.15, 0.2) is 45.7 Å². The minimum absolute atomic E-state index is 0.0600. The fourth-order valence-electron chi connectivity index (χ4n) is 2.73. The Labute approximate surface area is 176 Å². The maximum Gasteiger partial charge on any atom is 0.272 e. The van der Waals surface area contributed by atoms with E-state index in [4.69, 9.17) is 0 Å². The number of aromatic nitrogens is 2. The number of thioether (sulfide) groups is 1. The molecule has 2 N–H and O–H groups in total. The second-order valence-electron chi connectivity index (χ2n) is 6.93. The van der Waals surface area contributed by atoms with E-state index in [0.717, 1.165) is 0 Å². The van der Waals surface area contributed by atoms with Crippen molar-refractivity contribution in [3.05, 3.63) is 46.1 Å². The maximum absolute atomic E-state index is 12.8. The van der Waals surface area contributed by atoms with Crippen LogP contribution in [0.5, 0.6) is 0 Å². The van der Waals surface area contributed by atoms with Crippen LogP contribution < -0.4 is 16.2 Å². The van der Waals surface area contributed by atoms with E-state index in [-0.39, 0.29) is 29.0 Å². The van der Waals surface area contributed by atoms with Crippen LogP contribution in [-0.4, -0.2) is 27.1 Å². The van der Waals surface area contributed by atoms with Gasteiger partial charge in [0, 0.05) is 24.8 Å². The van der Waals surface area contributed by atoms with Crippen molar-refractivity contribution in [2.75, 3.05) is 16.4 Å². The molecule has 0 unspecified atom stereocenters. The third-order valence-corrected chi connectivity index (χ3v) is 5.77. The molecule has 0 saturated carbocycles. The van der Waals surface area contributed by atoms with Crippen LogP contribution in [0.2, 0.25) is 0 Å². The van der Waals surface area contributed by atoms with Gasteiger partial charge in [-0.05, 0) is 41.6 Å². The molecule has 0 radical (unpaired) electrons. The number of fused-ring (bicyclic) bond motifs is 1. The van der Waals surface area contributed by atoms with Crippen LogP contribution in [0.3, 0.4) is 0 Å². The standard InChI is InChI=1S/C20H22N4O3S2/c1-12(2)10-24-19(27)18-16(8-9-28-18)23-20(24)29-11-17(26)22-15-6-4-14(5-7-15)21-13(3)25/h4-9,12H,10-11H2,1-3H3,(H,21,25)(H,22,26). The third kappa shape index (κ3) is 5.45. The van der Waals surface area contributed by atoms with Crippen molar-refractivity contribution >= 4 is 56.5 Å². The number of thiophene rings is 1. The van der Waals surface area contributed by atoms with Gasteiger partial charge in [-0.1, -0.05) is 25.6 Å². The number of amides is 2. The molecule has 7 nitrogen and oxygen atoms in total. The molecule has 0 aliphatic carbocycles. The van der Waals surface area contributed by atoms with Gasteiger partial charge >= 0.3 is 0 Å². The first-order chi connectivity index (χ1) is 13.8. The van der Waals surface area contributed by atoms with Crippen LogP contribution >= 0.6 is 23.1 Å². The first kappa shape index (κ1) is 21.1. The molecule has 0 aliphatic heterocycles. The molecule has 0 spiro atoms. The van der Waals surface area contributed by atoms with Crippen molar-refractivity contribution in [3.8, 4) is 0 Å². The Morgan fingerprint density at radius 1 is 1.14 bits per heavy atom. The van der Waals surface area contributed by atoms with E-state index < -0.39 is 0 Å². The van der Waals surface area contributed by atoms with Crippen molar-refractivity contribution in [2.45, 2.75) is 32.5 Å². The number of nitrogens with zero attached hydrogens (tertiary/aromatic N) is 2. The largest absolute Gasteiger partial charge is 0.326 e. The zero-order chi connectivity index (χ0) is 21.0. The first-order valence-corrected chi connectivity index (χ1v) is 11.0. The Kier molecular flexibility index (Phi) is 6.71. The molecule has 3 rings (SSSR count). The monoisotopic (exact) mass is 430 g/mol. The summed E-state index contributed by atoms with van der Waals surface area (Å²) in [5.41, 5.74) is 1.90. The number of carbonyl (C=O) groups is 2. The molecule has 152 valence electrons. The minimum atomic E-state index is -0.196. The van der Waals surface area contributed by atoms with Gasteiger partial charge in [0.25, 0.3) is 5.56 Å². The molecule has 0 atom stereocenters. The van der Waals surface area contributed by atoms with Crippen LogP contribution in [0.4, 0.5) is 11.4 Å². The number of hydrogen-bond donors (Lipinski definition) is 2. The van der Waals surface area contributed by atoms with E-state index in [0.29, 0.717) is 33.3 Å². The number of anilines is 2. The Morgan fingerprint density at radius 3 is 2.41 bits per heavy atom. The first-order valence-electron chi connectivity index (χ1n) is 9.12. The van der Waals surface area contributed by atoms with Crippen LogP contribution in [0.25, 0.3) is 10.2 Å². The molecule has 0 aliphatic rings. The molecule has 1 aromatic carbocycles. The van der Waals surface area contributed by atoms with Crippen LogP contribution in [0.1, 0.15) is 20.8 Å². The Bertz CT molecular complexity index is 1090. The average Bonchev–Trinajstić information content (AvgIpc) is 3.12. The number of benzene rings is 1. The van der Waals surface area contributed by atoms with Crippen molar-refractivity contribution in [1.29, 1.82) is 0 Å². The van der Waals surface area contributed by atoms with Gasteiger partial charge in [0.05, 0.1) is 11.3 Å². The van der Waals surface area contributed by atoms with Crippen molar-refractivity contribution in [2.24, 2.45) is 5.92 Å². The lowest BCUT2D eigenvalue weighted by Crippen LogP contribution is -2.25. The highest BCUT2D eigenvalue weighted by Crippen LogP contribution is 2.22. The van der Waals surface area contributed by atoms with Gasteiger partial charge in [0.15, 0.2) is 5.16 Å². The summed E-state index contributed by atoms with van der Waals surface area (Å²) in [6.45, 7) is 6.06. The molecule has 29 heavy (non-hydrogen) atoms. The van der Waals surface area contributed by atoms with E-state index in [1.165, 1.54) is 30.0 Å². The summed E-state index contributed by atoms with van der Waals surface area (Å²) < 4.78 is 2.29. The smallest absolute Gasteiger partial charge is 0.272 e. The summed E-state index contributed by atoms with van der Waals surface area (Å²) in [6, 6.07) is 8.70. The second-order valence-corrected chi connectivity index (χ2v) is 8.79. The molecule has 0 bridgehead atoms. The van der Waals surface area contributed by atoms with Crippen molar-refractivity contribution in [1.82, 2.24) is 9.55 Å². The fraction of sp³-hybridized carbons (Fsp3) is 0.300. The van der Waals surface area contributed by atoms with E-state index in [2.05, 4.69) is 15.6 Å². The summed E-state index contributed by atoms with van der Waals surface area (Å²) >= 11 is 2.63. The van der Waals surface area contributed by atoms with E-state index in [9.17, 15) is 14.4 Å². The number of hydrogen-bond acceptors (Lipinski definition) is 6. The lowest BCUT2D eigenvalue weighted by atomic mass is 10.2. The van der Waals surface area contributed by atoms with Crippen LogP contribution in [0, 0.1) is 5.92 Å². The van der Waals surface area contributed by atoms with Gasteiger partial charge in [0.2, 0.25) is 11.8 Å². The zero-order valence-corrected chi connectivity index (χ0v) is 18.0. The predicted molar refractivity (Wildman–Crippen MR) is 119 cm³/mol. The summed E-state index contributed by atoms with van der Waals surface area (Å²) in [5.74, 6) is 0.0640. The Hall–Kier alpha value is -2.65. The predicted octanol–water partition coefficient (Wildman–Crippen LogP) is 3.80. The highest BCUT2D eigenvalue weighted by molar-refractivity contribution is 7.99. The van der Waals surface area contributed by atoms with E-state index in [1.54, 1.807) is 28.8 Å². The summed E-state index contributed by atoms with van der Waals surface area (Å²) in [5, 5.41) is 7.89. The van der Waals surface area contributed by atoms with Gasteiger partial charge < -0.3 is 10.6 Å². The highest BCUT2D eigenvalue weighted by Gasteiger charge is 2.15. The lowest BCUT2D eigenvalue weighted by molar-refractivity contribution is -0.114. The lowest BCUT2D eigenvalue weighted by Gasteiger charge is -2.14. The molecule has 2 aromatic heterocycles. The maximum atomic E-state index is 12.8. The normalized spacial score (nSPS) is 11.0. The van der Waals surface area contributed by atoms with Gasteiger partial charge in [0.1, 0.15) is 4.70 Å². The second kappa shape index (κ2) is 9.23. The van der Waals surface area contributed by atoms with Gasteiger partial charge in [-0.3, -0.25) is 19.0 Å². The van der Waals surface area contributed by atoms with Gasteiger partial charge in [-0.15, -0.1) is 11.3 Å². The Balaban J connectivity index is 1.70. The summed E-state index contributed by atoms with van der Waals surface area (Å²) in [4.78, 5) is 40.8. The molecule has 9 heteroatoms. The SMILES string of the molecule is CC(=O)Nc1ccc(NC(=O)CSc2nc3ccsc3c(=O)n2CC(C)C)cc1.